The summed E-state index contributed by atoms with van der Waals surface area (Å²) in [5, 5.41) is 4.94. The average molecular weight is 220 g/mol. The molecule has 15 heavy (non-hydrogen) atoms. The zero-order chi connectivity index (χ0) is 11.3. The predicted molar refractivity (Wildman–Crippen MR) is 50.6 cm³/mol. The van der Waals surface area contributed by atoms with Gasteiger partial charge < -0.3 is 10.6 Å². The van der Waals surface area contributed by atoms with Crippen LogP contribution in [0.2, 0.25) is 0 Å². The Kier molecular flexibility index (Phi) is 4.14. The first-order chi connectivity index (χ1) is 7.13. The Bertz CT molecular complexity index is 319. The van der Waals surface area contributed by atoms with Crippen LogP contribution >= 0.6 is 0 Å². The molecule has 0 spiro atoms. The number of aromatic nitrogens is 2. The van der Waals surface area contributed by atoms with E-state index >= 15 is 0 Å². The van der Waals surface area contributed by atoms with Crippen LogP contribution in [-0.4, -0.2) is 29.5 Å². The van der Waals surface area contributed by atoms with Gasteiger partial charge in [0, 0.05) is 6.54 Å². The molecule has 0 radical (unpaired) electrons. The van der Waals surface area contributed by atoms with E-state index in [4.69, 9.17) is 0 Å². The van der Waals surface area contributed by atoms with Gasteiger partial charge in [0.15, 0.2) is 11.6 Å². The number of rotatable bonds is 5. The molecule has 2 N–H and O–H groups in total. The molecule has 0 aliphatic rings. The lowest BCUT2D eigenvalue weighted by molar-refractivity contribution is 0.163. The van der Waals surface area contributed by atoms with Crippen molar-refractivity contribution in [3.8, 4) is 0 Å². The molecule has 4 nitrogen and oxygen atoms in total. The van der Waals surface area contributed by atoms with Gasteiger partial charge in [-0.25, -0.2) is 18.2 Å². The largest absolute Gasteiger partial charge is 0.362 e. The average Bonchev–Trinajstić information content (AvgIpc) is 2.19. The minimum atomic E-state index is -2.55. The molecule has 0 aliphatic heterocycles. The second kappa shape index (κ2) is 5.38. The van der Waals surface area contributed by atoms with E-state index in [0.717, 1.165) is 6.20 Å². The van der Waals surface area contributed by atoms with E-state index in [9.17, 15) is 13.2 Å². The van der Waals surface area contributed by atoms with E-state index in [2.05, 4.69) is 20.6 Å². The molecule has 1 aromatic heterocycles. The molecule has 0 aliphatic carbocycles. The van der Waals surface area contributed by atoms with Crippen molar-refractivity contribution in [3.05, 3.63) is 12.0 Å². The van der Waals surface area contributed by atoms with Gasteiger partial charge in [-0.3, -0.25) is 0 Å². The highest BCUT2D eigenvalue weighted by Crippen LogP contribution is 2.11. The number of hydrogen-bond acceptors (Lipinski definition) is 4. The van der Waals surface area contributed by atoms with E-state index in [1.54, 1.807) is 0 Å². The molecule has 0 saturated heterocycles. The van der Waals surface area contributed by atoms with Crippen molar-refractivity contribution in [1.29, 1.82) is 0 Å². The van der Waals surface area contributed by atoms with E-state index in [-0.39, 0.29) is 11.8 Å². The Morgan fingerprint density at radius 2 is 2.13 bits per heavy atom. The van der Waals surface area contributed by atoms with Gasteiger partial charge in [0.25, 0.3) is 6.43 Å². The van der Waals surface area contributed by atoms with Gasteiger partial charge in [-0.05, 0) is 6.92 Å². The van der Waals surface area contributed by atoms with Gasteiger partial charge in [0.2, 0.25) is 5.95 Å². The molecule has 0 saturated carbocycles. The normalized spacial score (nSPS) is 10.5. The Morgan fingerprint density at radius 3 is 2.73 bits per heavy atom. The predicted octanol–water partition coefficient (Wildman–Crippen LogP) is 1.72. The second-order valence-electron chi connectivity index (χ2n) is 2.69. The Hall–Kier alpha value is -1.53. The first-order valence-corrected chi connectivity index (χ1v) is 4.42. The summed E-state index contributed by atoms with van der Waals surface area (Å²) < 4.78 is 36.7. The van der Waals surface area contributed by atoms with Crippen LogP contribution in [0.15, 0.2) is 6.20 Å². The SMILES string of the molecule is CCNc1ncc(F)c(NCC(F)F)n1. The molecule has 0 unspecified atom stereocenters. The molecular weight excluding hydrogens is 209 g/mol. The van der Waals surface area contributed by atoms with E-state index in [0.29, 0.717) is 6.54 Å². The minimum Gasteiger partial charge on any atom is -0.362 e. The van der Waals surface area contributed by atoms with Crippen LogP contribution < -0.4 is 10.6 Å². The molecule has 0 bridgehead atoms. The molecule has 0 amide bonds. The van der Waals surface area contributed by atoms with Crippen molar-refractivity contribution < 1.29 is 13.2 Å². The zero-order valence-corrected chi connectivity index (χ0v) is 8.10. The lowest BCUT2D eigenvalue weighted by Gasteiger charge is -2.07. The van der Waals surface area contributed by atoms with Crippen LogP contribution in [-0.2, 0) is 0 Å². The van der Waals surface area contributed by atoms with Crippen LogP contribution in [0.4, 0.5) is 24.9 Å². The number of anilines is 2. The maximum atomic E-state index is 13.0. The minimum absolute atomic E-state index is 0.204. The highest BCUT2D eigenvalue weighted by molar-refractivity contribution is 5.40. The van der Waals surface area contributed by atoms with Crippen molar-refractivity contribution in [3.63, 3.8) is 0 Å². The van der Waals surface area contributed by atoms with Gasteiger partial charge in [0.1, 0.15) is 0 Å². The number of hydrogen-bond donors (Lipinski definition) is 2. The summed E-state index contributed by atoms with van der Waals surface area (Å²) in [6, 6.07) is 0. The van der Waals surface area contributed by atoms with Crippen molar-refractivity contribution in [2.45, 2.75) is 13.3 Å². The van der Waals surface area contributed by atoms with Gasteiger partial charge in [-0.15, -0.1) is 0 Å². The van der Waals surface area contributed by atoms with E-state index in [1.165, 1.54) is 0 Å². The van der Waals surface area contributed by atoms with Crippen molar-refractivity contribution in [2.24, 2.45) is 0 Å². The van der Waals surface area contributed by atoms with Crippen molar-refractivity contribution >= 4 is 11.8 Å². The summed E-state index contributed by atoms with van der Waals surface area (Å²) in [5.74, 6) is -0.769. The fraction of sp³-hybridized carbons (Fsp3) is 0.500. The zero-order valence-electron chi connectivity index (χ0n) is 8.10. The standard InChI is InChI=1S/C8H11F3N4/c1-2-12-8-14-3-5(9)7(15-8)13-4-6(10)11/h3,6H,2,4H2,1H3,(H2,12,13,14,15). The summed E-state index contributed by atoms with van der Waals surface area (Å²) in [5.41, 5.74) is 0. The summed E-state index contributed by atoms with van der Waals surface area (Å²) in [6.45, 7) is 1.75. The quantitative estimate of drug-likeness (QED) is 0.793. The molecule has 7 heteroatoms. The Labute approximate surface area is 84.9 Å². The number of nitrogens with one attached hydrogen (secondary N) is 2. The highest BCUT2D eigenvalue weighted by Gasteiger charge is 2.08. The van der Waals surface area contributed by atoms with Gasteiger partial charge in [0.05, 0.1) is 12.7 Å². The fourth-order valence-electron chi connectivity index (χ4n) is 0.908. The summed E-state index contributed by atoms with van der Waals surface area (Å²) in [4.78, 5) is 7.32. The third-order valence-corrected chi connectivity index (χ3v) is 1.50. The first kappa shape index (κ1) is 11.5. The number of nitrogens with zero attached hydrogens (tertiary/aromatic N) is 2. The Balaban J connectivity index is 2.71. The molecule has 1 aromatic rings. The smallest absolute Gasteiger partial charge is 0.255 e. The molecule has 0 atom stereocenters. The Morgan fingerprint density at radius 1 is 1.40 bits per heavy atom. The van der Waals surface area contributed by atoms with Crippen LogP contribution in [0, 0.1) is 5.82 Å². The molecule has 1 rings (SSSR count). The van der Waals surface area contributed by atoms with E-state index < -0.39 is 18.8 Å². The summed E-state index contributed by atoms with van der Waals surface area (Å²) >= 11 is 0. The number of alkyl halides is 2. The van der Waals surface area contributed by atoms with Gasteiger partial charge in [-0.1, -0.05) is 0 Å². The lowest BCUT2D eigenvalue weighted by Crippen LogP contribution is -2.14. The molecule has 84 valence electrons. The summed E-state index contributed by atoms with van der Waals surface area (Å²) in [6.07, 6.45) is -1.62. The molecule has 0 fully saturated rings. The topological polar surface area (TPSA) is 49.8 Å². The number of halogens is 3. The van der Waals surface area contributed by atoms with Crippen LogP contribution in [0.3, 0.4) is 0 Å². The van der Waals surface area contributed by atoms with Crippen LogP contribution in [0.25, 0.3) is 0 Å². The third kappa shape index (κ3) is 3.61. The maximum Gasteiger partial charge on any atom is 0.255 e. The highest BCUT2D eigenvalue weighted by atomic mass is 19.3. The van der Waals surface area contributed by atoms with Crippen LogP contribution in [0.5, 0.6) is 0 Å². The first-order valence-electron chi connectivity index (χ1n) is 4.42. The monoisotopic (exact) mass is 220 g/mol. The molecule has 1 heterocycles. The van der Waals surface area contributed by atoms with Crippen molar-refractivity contribution in [2.75, 3.05) is 23.7 Å². The van der Waals surface area contributed by atoms with Gasteiger partial charge in [-0.2, -0.15) is 4.98 Å². The van der Waals surface area contributed by atoms with E-state index in [1.807, 2.05) is 6.92 Å². The lowest BCUT2D eigenvalue weighted by atomic mass is 10.5. The molecular formula is C8H11F3N4. The molecule has 0 aromatic carbocycles. The van der Waals surface area contributed by atoms with Gasteiger partial charge >= 0.3 is 0 Å². The maximum absolute atomic E-state index is 13.0. The summed E-state index contributed by atoms with van der Waals surface area (Å²) in [7, 11) is 0. The second-order valence-corrected chi connectivity index (χ2v) is 2.69. The van der Waals surface area contributed by atoms with Crippen LogP contribution in [0.1, 0.15) is 6.92 Å². The third-order valence-electron chi connectivity index (χ3n) is 1.50. The fourth-order valence-corrected chi connectivity index (χ4v) is 0.908. The van der Waals surface area contributed by atoms with Crippen molar-refractivity contribution in [1.82, 2.24) is 9.97 Å².